The number of hydrogen-bond donors (Lipinski definition) is 1. The monoisotopic (exact) mass is 477 g/mol. The van der Waals surface area contributed by atoms with Gasteiger partial charge in [0.2, 0.25) is 23.1 Å². The van der Waals surface area contributed by atoms with Crippen LogP contribution in [0.4, 0.5) is 16.2 Å². The van der Waals surface area contributed by atoms with Crippen LogP contribution >= 0.6 is 0 Å². The molecule has 0 bridgehead atoms. The third kappa shape index (κ3) is 4.71. The molecule has 0 saturated carbocycles. The molecule has 4 aromatic carbocycles. The van der Waals surface area contributed by atoms with E-state index in [0.29, 0.717) is 0 Å². The minimum atomic E-state index is -1.50. The summed E-state index contributed by atoms with van der Waals surface area (Å²) in [6, 6.07) is 27.2. The van der Waals surface area contributed by atoms with Crippen molar-refractivity contribution in [3.63, 3.8) is 0 Å². The molecule has 1 amide bonds. The lowest BCUT2D eigenvalue weighted by Crippen LogP contribution is -2.29. The number of hydrogen-bond acceptors (Lipinski definition) is 5. The normalized spacial score (nSPS) is 10.3. The highest BCUT2D eigenvalue weighted by atomic mass is 16.4. The Bertz CT molecular complexity index is 1370. The number of anilines is 2. The van der Waals surface area contributed by atoms with Crippen LogP contribution < -0.4 is 4.90 Å². The highest BCUT2D eigenvalue weighted by Gasteiger charge is 2.30. The molecule has 176 valence electrons. The number of carbonyl (C=O) groups is 5. The van der Waals surface area contributed by atoms with Crippen molar-refractivity contribution in [1.29, 1.82) is 0 Å². The van der Waals surface area contributed by atoms with Crippen LogP contribution in [0.3, 0.4) is 0 Å². The first-order chi connectivity index (χ1) is 17.4. The zero-order valence-corrected chi connectivity index (χ0v) is 18.8. The molecule has 0 fully saturated rings. The van der Waals surface area contributed by atoms with Gasteiger partial charge in [-0.1, -0.05) is 84.9 Å². The Balaban J connectivity index is 1.80. The first kappa shape index (κ1) is 24.0. The summed E-state index contributed by atoms with van der Waals surface area (Å²) in [5.74, 6) is -3.44. The molecule has 4 rings (SSSR count). The Morgan fingerprint density at radius 3 is 1.14 bits per heavy atom. The summed E-state index contributed by atoms with van der Waals surface area (Å²) in [7, 11) is 0. The largest absolute Gasteiger partial charge is 0.464 e. The van der Waals surface area contributed by atoms with Crippen LogP contribution in [0.2, 0.25) is 0 Å². The van der Waals surface area contributed by atoms with Gasteiger partial charge in [-0.2, -0.15) is 0 Å². The molecule has 0 saturated heterocycles. The van der Waals surface area contributed by atoms with E-state index >= 15 is 0 Å². The Hall–Kier alpha value is -5.17. The molecule has 0 aliphatic heterocycles. The second-order valence-electron chi connectivity index (χ2n) is 7.70. The zero-order valence-electron chi connectivity index (χ0n) is 18.8. The third-order valence-corrected chi connectivity index (χ3v) is 5.45. The van der Waals surface area contributed by atoms with Crippen molar-refractivity contribution < 1.29 is 29.1 Å². The van der Waals surface area contributed by atoms with Gasteiger partial charge in [0.15, 0.2) is 0 Å². The van der Waals surface area contributed by atoms with E-state index in [0.717, 1.165) is 4.90 Å². The highest BCUT2D eigenvalue weighted by molar-refractivity contribution is 6.51. The van der Waals surface area contributed by atoms with Gasteiger partial charge in [-0.3, -0.25) is 19.2 Å². The van der Waals surface area contributed by atoms with E-state index in [2.05, 4.69) is 0 Å². The molecule has 0 aliphatic carbocycles. The Kier molecular flexibility index (Phi) is 6.92. The van der Waals surface area contributed by atoms with Gasteiger partial charge < -0.3 is 5.11 Å². The molecule has 1 N–H and O–H groups in total. The number of Topliss-reactive ketones (excluding diaryl/α,β-unsaturated/α-hetero) is 4. The number of para-hydroxylation sites is 2. The summed E-state index contributed by atoms with van der Waals surface area (Å²) in [6.45, 7) is 0. The van der Waals surface area contributed by atoms with Crippen LogP contribution in [0.1, 0.15) is 41.4 Å². The molecular weight excluding hydrogens is 458 g/mol. The Morgan fingerprint density at radius 2 is 0.778 bits per heavy atom. The third-order valence-electron chi connectivity index (χ3n) is 5.45. The van der Waals surface area contributed by atoms with Crippen molar-refractivity contribution in [2.45, 2.75) is 0 Å². The molecule has 0 heterocycles. The molecule has 0 atom stereocenters. The van der Waals surface area contributed by atoms with Gasteiger partial charge in [-0.05, 0) is 24.3 Å². The van der Waals surface area contributed by atoms with Gasteiger partial charge in [0.05, 0.1) is 22.5 Å². The van der Waals surface area contributed by atoms with E-state index < -0.39 is 29.2 Å². The summed E-state index contributed by atoms with van der Waals surface area (Å²) in [5, 5.41) is 10.1. The lowest BCUT2D eigenvalue weighted by Gasteiger charge is -2.23. The fourth-order valence-corrected chi connectivity index (χ4v) is 3.74. The van der Waals surface area contributed by atoms with E-state index in [1.165, 1.54) is 72.8 Å². The number of benzene rings is 4. The summed E-state index contributed by atoms with van der Waals surface area (Å²) >= 11 is 0. The van der Waals surface area contributed by atoms with E-state index in [4.69, 9.17) is 0 Å². The number of carbonyl (C=O) groups excluding carboxylic acids is 4. The van der Waals surface area contributed by atoms with Gasteiger partial charge in [0.1, 0.15) is 0 Å². The van der Waals surface area contributed by atoms with Crippen molar-refractivity contribution in [3.8, 4) is 0 Å². The predicted octanol–water partition coefficient (Wildman–Crippen LogP) is 5.63. The Morgan fingerprint density at radius 1 is 0.444 bits per heavy atom. The molecule has 0 radical (unpaired) electrons. The van der Waals surface area contributed by atoms with Gasteiger partial charge >= 0.3 is 6.09 Å². The first-order valence-corrected chi connectivity index (χ1v) is 10.9. The lowest BCUT2D eigenvalue weighted by molar-refractivity contribution is 0.0816. The second-order valence-corrected chi connectivity index (χ2v) is 7.70. The van der Waals surface area contributed by atoms with Crippen LogP contribution in [0.15, 0.2) is 109 Å². The first-order valence-electron chi connectivity index (χ1n) is 10.9. The van der Waals surface area contributed by atoms with Crippen LogP contribution in [0.5, 0.6) is 0 Å². The van der Waals surface area contributed by atoms with E-state index in [1.807, 2.05) is 0 Å². The second kappa shape index (κ2) is 10.4. The molecular formula is C29H19NO6. The maximum atomic E-state index is 13.1. The predicted molar refractivity (Wildman–Crippen MR) is 133 cm³/mol. The zero-order chi connectivity index (χ0) is 25.7. The molecule has 0 spiro atoms. The summed E-state index contributed by atoms with van der Waals surface area (Å²) in [5.41, 5.74) is -0.249. The Labute approximate surface area is 206 Å². The number of rotatable bonds is 8. The average molecular weight is 477 g/mol. The topological polar surface area (TPSA) is 109 Å². The number of ketones is 4. The standard InChI is InChI=1S/C29H19NO6/c31-25(19-11-3-1-4-12-19)27(33)21-15-7-9-17-23(21)30(29(35)36)24-18-10-8-16-22(24)28(34)26(32)20-13-5-2-6-14-20/h1-18H,(H,35,36). The van der Waals surface area contributed by atoms with E-state index in [-0.39, 0.29) is 33.6 Å². The highest BCUT2D eigenvalue weighted by Crippen LogP contribution is 2.33. The van der Waals surface area contributed by atoms with E-state index in [1.54, 1.807) is 36.4 Å². The molecule has 36 heavy (non-hydrogen) atoms. The van der Waals surface area contributed by atoms with Crippen LogP contribution in [0, 0.1) is 0 Å². The van der Waals surface area contributed by atoms with Crippen molar-refractivity contribution >= 4 is 40.6 Å². The lowest BCUT2D eigenvalue weighted by atomic mass is 9.97. The number of carboxylic acid groups (broad SMARTS) is 1. The maximum Gasteiger partial charge on any atom is 0.416 e. The molecule has 4 aromatic rings. The van der Waals surface area contributed by atoms with Crippen molar-refractivity contribution in [1.82, 2.24) is 0 Å². The van der Waals surface area contributed by atoms with Crippen molar-refractivity contribution in [2.24, 2.45) is 0 Å². The van der Waals surface area contributed by atoms with Crippen LogP contribution in [-0.4, -0.2) is 34.3 Å². The van der Waals surface area contributed by atoms with Gasteiger partial charge in [0, 0.05) is 11.1 Å². The minimum absolute atomic E-state index is 0.119. The van der Waals surface area contributed by atoms with Gasteiger partial charge in [-0.15, -0.1) is 0 Å². The van der Waals surface area contributed by atoms with Crippen molar-refractivity contribution in [3.05, 3.63) is 131 Å². The van der Waals surface area contributed by atoms with Gasteiger partial charge in [0.25, 0.3) is 0 Å². The van der Waals surface area contributed by atoms with Crippen LogP contribution in [0.25, 0.3) is 0 Å². The van der Waals surface area contributed by atoms with Crippen molar-refractivity contribution in [2.75, 3.05) is 4.90 Å². The smallest absolute Gasteiger partial charge is 0.416 e. The number of amides is 1. The fraction of sp³-hybridized carbons (Fsp3) is 0. The molecule has 0 aromatic heterocycles. The summed E-state index contributed by atoms with van der Waals surface area (Å²) < 4.78 is 0. The molecule has 0 unspecified atom stereocenters. The SMILES string of the molecule is O=C(C(=O)c1ccccc1N(C(=O)O)c1ccccc1C(=O)C(=O)c1ccccc1)c1ccccc1. The molecule has 7 heteroatoms. The minimum Gasteiger partial charge on any atom is -0.464 e. The van der Waals surface area contributed by atoms with E-state index in [9.17, 15) is 29.1 Å². The summed E-state index contributed by atoms with van der Waals surface area (Å²) in [6.07, 6.45) is -1.50. The molecule has 7 nitrogen and oxygen atoms in total. The number of nitrogens with zero attached hydrogens (tertiary/aromatic N) is 1. The van der Waals surface area contributed by atoms with Crippen LogP contribution in [-0.2, 0) is 0 Å². The quantitative estimate of drug-likeness (QED) is 0.260. The average Bonchev–Trinajstić information content (AvgIpc) is 2.93. The summed E-state index contributed by atoms with van der Waals surface area (Å²) in [4.78, 5) is 65.2. The van der Waals surface area contributed by atoms with Gasteiger partial charge in [-0.25, -0.2) is 9.69 Å². The fourth-order valence-electron chi connectivity index (χ4n) is 3.74. The maximum absolute atomic E-state index is 13.1. The molecule has 0 aliphatic rings.